The standard InChI is InChI=1S/C28H23NO5S.C27H21NO4S.C21H17NO4S/c30-26-16-24(28(31)29-26)27-25(14-15-32-27)35-23-12-10-22(11-13-23)34-18-20-6-8-21(9-7-20)33-17-19-4-2-1-3-5-19;29-25-16-23(27(30)28-25)26-24(14-15-31-26)33-22-12-10-21(11-13-22)32-17-18-6-8-20(9-7-18)19-4-2-1-3-5-19;23-19-12-17(21(24)22-19)20-18(10-11-25-20)27-16-8-6-15(7-9-16)26-13-14-4-2-1-3-5-14/h1-15,24H,16-18H2,(H,29,30,31);1-15,23H,16-17H2,(H,28,29,30);1-11,17H,12-13H2,(H,22,23,24). The molecule has 95 heavy (non-hydrogen) atoms. The molecule has 6 amide bonds. The van der Waals surface area contributed by atoms with E-state index in [-0.39, 0.29) is 54.7 Å². The van der Waals surface area contributed by atoms with Crippen LogP contribution in [0.25, 0.3) is 11.1 Å². The van der Waals surface area contributed by atoms with E-state index in [1.165, 1.54) is 46.4 Å². The third-order valence-electron chi connectivity index (χ3n) is 15.3. The van der Waals surface area contributed by atoms with Gasteiger partial charge in [0.15, 0.2) is 0 Å². The van der Waals surface area contributed by atoms with Gasteiger partial charge in [0, 0.05) is 33.9 Å². The SMILES string of the molecule is O=C1CC(c2occc2Sc2ccc(OCc3ccc(-c4ccccc4)cc3)cc2)C(=O)N1.O=C1CC(c2occc2Sc2ccc(OCc3ccc(OCc4ccccc4)cc3)cc2)C(=O)N1.O=C1CC(c2occc2Sc2ccc(OCc3ccccc3)cc2)C(=O)N1. The number of ether oxygens (including phenoxy) is 4. The van der Waals surface area contributed by atoms with Crippen LogP contribution in [0.2, 0.25) is 0 Å². The second kappa shape index (κ2) is 31.3. The van der Waals surface area contributed by atoms with Crippen molar-refractivity contribution < 1.29 is 61.0 Å². The van der Waals surface area contributed by atoms with E-state index in [9.17, 15) is 28.8 Å². The number of furan rings is 3. The number of benzene rings is 8. The lowest BCUT2D eigenvalue weighted by Crippen LogP contribution is -2.21. The molecule has 8 aromatic carbocycles. The van der Waals surface area contributed by atoms with E-state index >= 15 is 0 Å². The molecule has 3 aliphatic rings. The summed E-state index contributed by atoms with van der Waals surface area (Å²) < 4.78 is 40.0. The molecule has 0 spiro atoms. The number of imide groups is 3. The zero-order valence-corrected chi connectivity index (χ0v) is 53.3. The highest BCUT2D eigenvalue weighted by Crippen LogP contribution is 2.41. The lowest BCUT2D eigenvalue weighted by atomic mass is 10.0. The van der Waals surface area contributed by atoms with Crippen LogP contribution in [0.5, 0.6) is 23.0 Å². The number of carbonyl (C=O) groups is 6. The Balaban J connectivity index is 0.000000138. The minimum absolute atomic E-state index is 0.118. The summed E-state index contributed by atoms with van der Waals surface area (Å²) in [7, 11) is 0. The topological polar surface area (TPSA) is 215 Å². The summed E-state index contributed by atoms with van der Waals surface area (Å²) in [4.78, 5) is 75.8. The Labute approximate surface area is 560 Å². The average molecular weight is 1320 g/mol. The van der Waals surface area contributed by atoms with Crippen molar-refractivity contribution in [1.29, 1.82) is 0 Å². The summed E-state index contributed by atoms with van der Waals surface area (Å²) in [6.45, 7) is 1.98. The van der Waals surface area contributed by atoms with Gasteiger partial charge in [-0.25, -0.2) is 0 Å². The Kier molecular flexibility index (Phi) is 21.2. The predicted octanol–water partition coefficient (Wildman–Crippen LogP) is 15.7. The first-order valence-electron chi connectivity index (χ1n) is 30.4. The molecule has 11 aromatic rings. The molecule has 3 unspecified atom stereocenters. The number of amides is 6. The minimum atomic E-state index is -0.572. The summed E-state index contributed by atoms with van der Waals surface area (Å²) in [5.74, 6) is 1.30. The first-order valence-corrected chi connectivity index (χ1v) is 32.8. The van der Waals surface area contributed by atoms with Gasteiger partial charge < -0.3 is 32.2 Å². The van der Waals surface area contributed by atoms with Gasteiger partial charge in [-0.3, -0.25) is 44.7 Å². The van der Waals surface area contributed by atoms with Crippen molar-refractivity contribution in [2.24, 2.45) is 0 Å². The Bertz CT molecular complexity index is 4410. The van der Waals surface area contributed by atoms with Gasteiger partial charge in [0.2, 0.25) is 35.4 Å². The van der Waals surface area contributed by atoms with Crippen LogP contribution in [0, 0.1) is 0 Å². The van der Waals surface area contributed by atoms with Crippen molar-refractivity contribution in [3.8, 4) is 34.1 Å². The van der Waals surface area contributed by atoms with Crippen molar-refractivity contribution in [2.75, 3.05) is 0 Å². The summed E-state index contributed by atoms with van der Waals surface area (Å²) in [6.07, 6.45) is 5.01. The number of carbonyl (C=O) groups excluding carboxylic acids is 6. The maximum absolute atomic E-state index is 12.0. The van der Waals surface area contributed by atoms with E-state index in [1.807, 2.05) is 194 Å². The molecule has 0 saturated carbocycles. The van der Waals surface area contributed by atoms with E-state index in [0.29, 0.717) is 43.7 Å². The molecule has 3 fully saturated rings. The van der Waals surface area contributed by atoms with E-state index < -0.39 is 17.8 Å². The van der Waals surface area contributed by atoms with Crippen LogP contribution in [0.1, 0.15) is 76.6 Å². The average Bonchev–Trinajstić information content (AvgIpc) is 1.75. The van der Waals surface area contributed by atoms with Crippen LogP contribution in [0.3, 0.4) is 0 Å². The number of nitrogens with one attached hydrogen (secondary N) is 3. The molecule has 0 radical (unpaired) electrons. The second-order valence-corrected chi connectivity index (χ2v) is 25.4. The van der Waals surface area contributed by atoms with E-state index in [4.69, 9.17) is 32.2 Å². The molecule has 0 bridgehead atoms. The normalized spacial score (nSPS) is 15.6. The summed E-state index contributed by atoms with van der Waals surface area (Å²) in [5.41, 5.74) is 6.76. The fourth-order valence-corrected chi connectivity index (χ4v) is 13.2. The Morgan fingerprint density at radius 1 is 0.305 bits per heavy atom. The van der Waals surface area contributed by atoms with Gasteiger partial charge in [0.05, 0.1) is 33.5 Å². The van der Waals surface area contributed by atoms with Crippen molar-refractivity contribution in [2.45, 2.75) is 92.8 Å². The van der Waals surface area contributed by atoms with Crippen LogP contribution in [0.15, 0.2) is 292 Å². The molecule has 19 heteroatoms. The van der Waals surface area contributed by atoms with Gasteiger partial charge in [-0.05, 0) is 137 Å². The lowest BCUT2D eigenvalue weighted by Gasteiger charge is -2.10. The first kappa shape index (κ1) is 64.4. The zero-order chi connectivity index (χ0) is 65.3. The highest BCUT2D eigenvalue weighted by atomic mass is 32.2. The summed E-state index contributed by atoms with van der Waals surface area (Å²) >= 11 is 4.47. The maximum atomic E-state index is 12.0. The summed E-state index contributed by atoms with van der Waals surface area (Å²) in [5, 5.41) is 6.97. The minimum Gasteiger partial charge on any atom is -0.489 e. The molecule has 3 aliphatic heterocycles. The molecule has 0 aliphatic carbocycles. The van der Waals surface area contributed by atoms with Crippen molar-refractivity contribution in [3.05, 3.63) is 289 Å². The fraction of sp³-hybridized carbons (Fsp3) is 0.132. The second-order valence-electron chi connectivity index (χ2n) is 22.0. The smallest absolute Gasteiger partial charge is 0.237 e. The lowest BCUT2D eigenvalue weighted by molar-refractivity contribution is -0.126. The molecule has 3 aromatic heterocycles. The Morgan fingerprint density at radius 3 is 0.863 bits per heavy atom. The van der Waals surface area contributed by atoms with Crippen LogP contribution in [0.4, 0.5) is 0 Å². The molecule has 3 N–H and O–H groups in total. The van der Waals surface area contributed by atoms with Crippen molar-refractivity contribution >= 4 is 70.7 Å². The van der Waals surface area contributed by atoms with Gasteiger partial charge in [0.1, 0.15) is 84.5 Å². The van der Waals surface area contributed by atoms with Gasteiger partial charge in [-0.2, -0.15) is 0 Å². The van der Waals surface area contributed by atoms with Crippen LogP contribution in [-0.2, 0) is 55.2 Å². The van der Waals surface area contributed by atoms with Crippen molar-refractivity contribution in [1.82, 2.24) is 16.0 Å². The number of rotatable bonds is 22. The highest BCUT2D eigenvalue weighted by molar-refractivity contribution is 8.00. The van der Waals surface area contributed by atoms with Crippen LogP contribution >= 0.6 is 35.3 Å². The van der Waals surface area contributed by atoms with Gasteiger partial charge >= 0.3 is 0 Å². The Hall–Kier alpha value is -10.7. The third-order valence-corrected chi connectivity index (χ3v) is 18.5. The Morgan fingerprint density at radius 2 is 0.568 bits per heavy atom. The third kappa shape index (κ3) is 17.5. The highest BCUT2D eigenvalue weighted by Gasteiger charge is 2.38. The van der Waals surface area contributed by atoms with Crippen molar-refractivity contribution in [3.63, 3.8) is 0 Å². The monoisotopic (exact) mass is 1320 g/mol. The molecule has 14 rings (SSSR count). The van der Waals surface area contributed by atoms with E-state index in [0.717, 1.165) is 74.6 Å². The predicted molar refractivity (Wildman–Crippen MR) is 358 cm³/mol. The molecule has 476 valence electrons. The van der Waals surface area contributed by atoms with E-state index in [2.05, 4.69) is 52.3 Å². The quantitative estimate of drug-likeness (QED) is 0.0538. The molecular formula is C76H61N3O13S3. The number of hydrogen-bond donors (Lipinski definition) is 3. The number of hydrogen-bond acceptors (Lipinski definition) is 16. The van der Waals surface area contributed by atoms with Gasteiger partial charge in [-0.1, -0.05) is 163 Å². The molecular weight excluding hydrogens is 1260 g/mol. The van der Waals surface area contributed by atoms with E-state index in [1.54, 1.807) is 18.8 Å². The molecule has 16 nitrogen and oxygen atoms in total. The maximum Gasteiger partial charge on any atom is 0.237 e. The fourth-order valence-electron chi connectivity index (χ4n) is 10.4. The molecule has 3 atom stereocenters. The van der Waals surface area contributed by atoms with Gasteiger partial charge in [0.25, 0.3) is 0 Å². The zero-order valence-electron chi connectivity index (χ0n) is 50.9. The summed E-state index contributed by atoms with van der Waals surface area (Å²) in [6, 6.07) is 75.3. The largest absolute Gasteiger partial charge is 0.489 e. The van der Waals surface area contributed by atoms with Crippen LogP contribution in [-0.4, -0.2) is 35.4 Å². The molecule has 3 saturated heterocycles. The van der Waals surface area contributed by atoms with Crippen LogP contribution < -0.4 is 34.9 Å². The first-order chi connectivity index (χ1) is 46.5. The van der Waals surface area contributed by atoms with Gasteiger partial charge in [-0.15, -0.1) is 0 Å². The molecule has 6 heterocycles.